The second-order valence-corrected chi connectivity index (χ2v) is 25.0. The van der Waals surface area contributed by atoms with Crippen molar-refractivity contribution < 1.29 is 57.2 Å². The Balaban J connectivity index is 0.000000675. The average molecular weight is 1260 g/mol. The average Bonchev–Trinajstić information content (AvgIpc) is 2.43. The topological polar surface area (TPSA) is 158 Å². The van der Waals surface area contributed by atoms with Crippen LogP contribution in [0.2, 0.25) is 0 Å². The second kappa shape index (κ2) is 54.1. The normalized spacial score (nSPS) is 12.9. The molecule has 3 aromatic carbocycles. The van der Waals surface area contributed by atoms with Gasteiger partial charge in [0.15, 0.2) is 0 Å². The lowest BCUT2D eigenvalue weighted by Gasteiger charge is -2.17. The molecule has 6 unspecified atom stereocenters. The van der Waals surface area contributed by atoms with Gasteiger partial charge >= 0.3 is 35.8 Å². The van der Waals surface area contributed by atoms with Crippen LogP contribution in [-0.2, 0) is 28.4 Å². The quantitative estimate of drug-likeness (QED) is 0.0300. The molecule has 0 spiro atoms. The van der Waals surface area contributed by atoms with E-state index in [-0.39, 0.29) is 35.8 Å². The highest BCUT2D eigenvalue weighted by atomic mass is 16.6. The van der Waals surface area contributed by atoms with Gasteiger partial charge in [0.05, 0.1) is 73.0 Å². The van der Waals surface area contributed by atoms with E-state index in [0.717, 1.165) is 135 Å². The number of rotatable bonds is 48. The van der Waals surface area contributed by atoms with Crippen LogP contribution in [0.5, 0.6) is 0 Å². The van der Waals surface area contributed by atoms with Gasteiger partial charge in [0, 0.05) is 0 Å². The SMILES string of the molecule is CCCCCC(CC)COC(=O)c1cccc(C(=O)OCC(CC)CCCC)c1.CCCCCC(CCC)COC(=O)c1cccc(C(=O)OCC(CC)CCCC)c1.CCCCCC(CCC)COC(=O)c1cccc(C(=O)OCC(CCC)CCCC)c1. The first-order valence-corrected chi connectivity index (χ1v) is 36.0. The number of carbonyl (C=O) groups excluding carboxylic acids is 6. The molecule has 90 heavy (non-hydrogen) atoms. The second-order valence-electron chi connectivity index (χ2n) is 25.0. The fourth-order valence-corrected chi connectivity index (χ4v) is 10.9. The van der Waals surface area contributed by atoms with Crippen LogP contribution < -0.4 is 0 Å². The van der Waals surface area contributed by atoms with Crippen molar-refractivity contribution in [3.8, 4) is 0 Å². The van der Waals surface area contributed by atoms with Crippen molar-refractivity contribution >= 4 is 35.8 Å². The lowest BCUT2D eigenvalue weighted by molar-refractivity contribution is 0.0405. The summed E-state index contributed by atoms with van der Waals surface area (Å²) in [5, 5.41) is 0. The zero-order chi connectivity index (χ0) is 66.6. The molecule has 0 bridgehead atoms. The first kappa shape index (κ1) is 82.5. The molecule has 6 atom stereocenters. The molecule has 12 nitrogen and oxygen atoms in total. The molecule has 0 aliphatic rings. The van der Waals surface area contributed by atoms with Crippen LogP contribution in [-0.4, -0.2) is 75.5 Å². The summed E-state index contributed by atoms with van der Waals surface area (Å²) in [5.74, 6) is 0.199. The minimum atomic E-state index is -0.374. The molecule has 3 rings (SSSR count). The molecule has 0 saturated carbocycles. The maximum Gasteiger partial charge on any atom is 0.338 e. The van der Waals surface area contributed by atoms with Gasteiger partial charge in [-0.15, -0.1) is 0 Å². The molecule has 0 heterocycles. The third-order valence-corrected chi connectivity index (χ3v) is 17.1. The summed E-state index contributed by atoms with van der Waals surface area (Å²) >= 11 is 0. The van der Waals surface area contributed by atoms with Gasteiger partial charge < -0.3 is 28.4 Å². The van der Waals surface area contributed by atoms with Crippen molar-refractivity contribution in [2.24, 2.45) is 35.5 Å². The van der Waals surface area contributed by atoms with Crippen LogP contribution in [0.15, 0.2) is 72.8 Å². The maximum atomic E-state index is 12.6. The Bertz CT molecular complexity index is 2340. The van der Waals surface area contributed by atoms with E-state index in [0.29, 0.717) is 109 Å². The van der Waals surface area contributed by atoms with E-state index in [2.05, 4.69) is 83.1 Å². The molecule has 3 aromatic rings. The zero-order valence-electron chi connectivity index (χ0n) is 58.7. The van der Waals surface area contributed by atoms with Crippen molar-refractivity contribution in [2.75, 3.05) is 39.6 Å². The van der Waals surface area contributed by atoms with Crippen molar-refractivity contribution in [2.45, 2.75) is 276 Å². The molecular formula is C78H126O12. The van der Waals surface area contributed by atoms with Gasteiger partial charge in [0.1, 0.15) is 0 Å². The van der Waals surface area contributed by atoms with E-state index in [4.69, 9.17) is 28.4 Å². The Morgan fingerprint density at radius 1 is 0.244 bits per heavy atom. The predicted octanol–water partition coefficient (Wildman–Crippen LogP) is 21.6. The molecular weight excluding hydrogens is 1130 g/mol. The van der Waals surface area contributed by atoms with Crippen LogP contribution in [0.25, 0.3) is 0 Å². The monoisotopic (exact) mass is 1250 g/mol. The third kappa shape index (κ3) is 37.7. The maximum absolute atomic E-state index is 12.6. The van der Waals surface area contributed by atoms with Crippen LogP contribution in [0.4, 0.5) is 0 Å². The molecule has 12 heteroatoms. The summed E-state index contributed by atoms with van der Waals surface area (Å²) in [6.45, 7) is 28.6. The Kier molecular flexibility index (Phi) is 49.6. The highest BCUT2D eigenvalue weighted by Crippen LogP contribution is 2.23. The Labute approximate surface area is 547 Å². The minimum absolute atomic E-state index is 0.363. The van der Waals surface area contributed by atoms with Crippen LogP contribution in [0.1, 0.15) is 338 Å². The van der Waals surface area contributed by atoms with E-state index in [1.54, 1.807) is 72.8 Å². The molecule has 0 radical (unpaired) electrons. The third-order valence-electron chi connectivity index (χ3n) is 17.1. The molecule has 0 aromatic heterocycles. The first-order chi connectivity index (χ1) is 43.6. The number of benzene rings is 3. The molecule has 0 N–H and O–H groups in total. The number of ether oxygens (including phenoxy) is 6. The fourth-order valence-electron chi connectivity index (χ4n) is 10.9. The molecule has 0 fully saturated rings. The van der Waals surface area contributed by atoms with E-state index >= 15 is 0 Å². The van der Waals surface area contributed by atoms with Crippen molar-refractivity contribution in [1.82, 2.24) is 0 Å². The fraction of sp³-hybridized carbons (Fsp3) is 0.692. The summed E-state index contributed by atoms with van der Waals surface area (Å²) in [6.07, 6.45) is 33.6. The summed E-state index contributed by atoms with van der Waals surface area (Å²) in [7, 11) is 0. The highest BCUT2D eigenvalue weighted by molar-refractivity contribution is 5.97. The molecule has 0 saturated heterocycles. The zero-order valence-corrected chi connectivity index (χ0v) is 58.7. The predicted molar refractivity (Wildman–Crippen MR) is 369 cm³/mol. The number of hydrogen-bond acceptors (Lipinski definition) is 12. The van der Waals surface area contributed by atoms with Gasteiger partial charge in [-0.2, -0.15) is 0 Å². The lowest BCUT2D eigenvalue weighted by atomic mass is 9.97. The summed E-state index contributed by atoms with van der Waals surface area (Å²) in [5.41, 5.74) is 2.44. The van der Waals surface area contributed by atoms with Gasteiger partial charge in [-0.3, -0.25) is 0 Å². The first-order valence-electron chi connectivity index (χ1n) is 36.0. The van der Waals surface area contributed by atoms with Gasteiger partial charge in [0.25, 0.3) is 0 Å². The Morgan fingerprint density at radius 3 is 0.633 bits per heavy atom. The molecule has 0 aliphatic heterocycles. The summed E-state index contributed by atoms with van der Waals surface area (Å²) in [4.78, 5) is 74.9. The van der Waals surface area contributed by atoms with E-state index < -0.39 is 0 Å². The van der Waals surface area contributed by atoms with Crippen molar-refractivity contribution in [3.63, 3.8) is 0 Å². The number of hydrogen-bond donors (Lipinski definition) is 0. The van der Waals surface area contributed by atoms with Gasteiger partial charge in [-0.25, -0.2) is 28.8 Å². The van der Waals surface area contributed by atoms with Crippen molar-refractivity contribution in [3.05, 3.63) is 106 Å². The van der Waals surface area contributed by atoms with E-state index in [9.17, 15) is 28.8 Å². The molecule has 510 valence electrons. The van der Waals surface area contributed by atoms with Gasteiger partial charge in [-0.1, -0.05) is 236 Å². The minimum Gasteiger partial charge on any atom is -0.462 e. The number of esters is 6. The van der Waals surface area contributed by atoms with Gasteiger partial charge in [-0.05, 0) is 148 Å². The van der Waals surface area contributed by atoms with Crippen LogP contribution in [0, 0.1) is 35.5 Å². The number of carbonyl (C=O) groups is 6. The van der Waals surface area contributed by atoms with E-state index in [1.807, 2.05) is 0 Å². The highest BCUT2D eigenvalue weighted by Gasteiger charge is 2.21. The van der Waals surface area contributed by atoms with Crippen LogP contribution in [0.3, 0.4) is 0 Å². The smallest absolute Gasteiger partial charge is 0.338 e. The van der Waals surface area contributed by atoms with Gasteiger partial charge in [0.2, 0.25) is 0 Å². The Hall–Kier alpha value is -5.52. The standard InChI is InChI=1S/C27H44O4.C26H42O4.C25H40O4/c1-5-9-11-16-23(14-8-4)21-31-27(29)25-18-12-17-24(19-25)26(28)30-20-22(13-7-3)15-10-6-2;1-5-9-11-15-22(13-7-3)20-30-26(28)24-17-12-16-23(18-24)25(27)29-19-21(8-4)14-10-6-2;1-5-9-11-14-21(8-4)19-29-25(27)23-16-12-15-22(17-23)24(26)28-18-20(7-3)13-10-6-2/h12,17-19,22-23H,5-11,13-16,20-21H2,1-4H3;12,16-18,21-22H,5-11,13-15,19-20H2,1-4H3;12,15-17,20-21H,5-11,13-14,18-19H2,1-4H3. The summed E-state index contributed by atoms with van der Waals surface area (Å²) in [6, 6.07) is 20.1. The lowest BCUT2D eigenvalue weighted by Crippen LogP contribution is -2.16. The van der Waals surface area contributed by atoms with E-state index in [1.165, 1.54) is 57.8 Å². The number of unbranched alkanes of at least 4 members (excludes halogenated alkanes) is 9. The van der Waals surface area contributed by atoms with Crippen molar-refractivity contribution in [1.29, 1.82) is 0 Å². The van der Waals surface area contributed by atoms with Crippen LogP contribution >= 0.6 is 0 Å². The largest absolute Gasteiger partial charge is 0.462 e. The molecule has 0 aliphatic carbocycles. The Morgan fingerprint density at radius 2 is 0.433 bits per heavy atom. The molecule has 0 amide bonds. The summed E-state index contributed by atoms with van der Waals surface area (Å²) < 4.78 is 33.3.